The number of carbonyl (C=O) groups excluding carboxylic acids is 2. The molecule has 5 rings (SSSR count). The molecule has 202 valence electrons. The van der Waals surface area contributed by atoms with Crippen molar-refractivity contribution in [2.45, 2.75) is 45.3 Å². The molecule has 0 unspecified atom stereocenters. The van der Waals surface area contributed by atoms with Crippen molar-refractivity contribution in [3.63, 3.8) is 0 Å². The molecule has 2 aromatic carbocycles. The Morgan fingerprint density at radius 3 is 2.69 bits per heavy atom. The SMILES string of the molecule is CC(C)(C)OC(=O)N[C@H]1CCCN(c2ncc(C(N)=O)c(Nc3cc(-c4ccccc4)c4cn[nH]c4c3)n2)C1. The number of piperidine rings is 1. The fraction of sp³-hybridized carbons (Fsp3) is 0.321. The monoisotopic (exact) mass is 528 g/mol. The molecule has 39 heavy (non-hydrogen) atoms. The number of amides is 2. The molecule has 1 saturated heterocycles. The van der Waals surface area contributed by atoms with Gasteiger partial charge in [-0.2, -0.15) is 10.1 Å². The van der Waals surface area contributed by atoms with Crippen LogP contribution in [0.3, 0.4) is 0 Å². The van der Waals surface area contributed by atoms with Crippen LogP contribution in [0.15, 0.2) is 54.9 Å². The molecule has 4 aromatic rings. The molecule has 0 spiro atoms. The number of nitrogens with two attached hydrogens (primary N) is 1. The number of hydrogen-bond donors (Lipinski definition) is 4. The summed E-state index contributed by atoms with van der Waals surface area (Å²) >= 11 is 0. The van der Waals surface area contributed by atoms with Crippen LogP contribution in [-0.2, 0) is 4.74 Å². The van der Waals surface area contributed by atoms with Crippen molar-refractivity contribution in [1.29, 1.82) is 0 Å². The largest absolute Gasteiger partial charge is 0.444 e. The number of nitrogens with zero attached hydrogens (tertiary/aromatic N) is 4. The Morgan fingerprint density at radius 2 is 1.95 bits per heavy atom. The second kappa shape index (κ2) is 10.6. The number of nitrogens with one attached hydrogen (secondary N) is 3. The van der Waals surface area contributed by atoms with Crippen molar-refractivity contribution in [3.05, 3.63) is 60.4 Å². The first-order valence-corrected chi connectivity index (χ1v) is 12.9. The van der Waals surface area contributed by atoms with Crippen LogP contribution in [0.5, 0.6) is 0 Å². The van der Waals surface area contributed by atoms with Crippen molar-refractivity contribution < 1.29 is 14.3 Å². The number of rotatable bonds is 6. The molecule has 2 amide bonds. The Bertz CT molecular complexity index is 1500. The summed E-state index contributed by atoms with van der Waals surface area (Å²) in [5.41, 5.74) is 8.82. The Balaban J connectivity index is 1.42. The average Bonchev–Trinajstić information content (AvgIpc) is 3.36. The quantitative estimate of drug-likeness (QED) is 0.288. The van der Waals surface area contributed by atoms with Gasteiger partial charge in [0.25, 0.3) is 5.91 Å². The minimum absolute atomic E-state index is 0.124. The van der Waals surface area contributed by atoms with E-state index in [4.69, 9.17) is 10.5 Å². The van der Waals surface area contributed by atoms with Gasteiger partial charge in [0.1, 0.15) is 17.0 Å². The van der Waals surface area contributed by atoms with Gasteiger partial charge in [-0.15, -0.1) is 0 Å². The normalized spacial score (nSPS) is 15.7. The molecule has 11 heteroatoms. The van der Waals surface area contributed by atoms with Gasteiger partial charge >= 0.3 is 6.09 Å². The molecule has 1 fully saturated rings. The molecular formula is C28H32N8O3. The Morgan fingerprint density at radius 1 is 1.15 bits per heavy atom. The number of carbonyl (C=O) groups is 2. The first-order valence-electron chi connectivity index (χ1n) is 12.9. The minimum Gasteiger partial charge on any atom is -0.444 e. The van der Waals surface area contributed by atoms with Crippen LogP contribution < -0.4 is 21.3 Å². The van der Waals surface area contributed by atoms with Crippen molar-refractivity contribution in [2.75, 3.05) is 23.3 Å². The maximum Gasteiger partial charge on any atom is 0.407 e. The summed E-state index contributed by atoms with van der Waals surface area (Å²) in [5, 5.41) is 14.4. The molecule has 0 saturated carbocycles. The lowest BCUT2D eigenvalue weighted by molar-refractivity contribution is 0.0499. The molecule has 0 aliphatic carbocycles. The van der Waals surface area contributed by atoms with Crippen molar-refractivity contribution in [2.24, 2.45) is 5.73 Å². The lowest BCUT2D eigenvalue weighted by atomic mass is 10.0. The van der Waals surface area contributed by atoms with Crippen LogP contribution in [0.1, 0.15) is 44.0 Å². The van der Waals surface area contributed by atoms with Crippen LogP contribution in [-0.4, -0.2) is 56.9 Å². The van der Waals surface area contributed by atoms with Gasteiger partial charge in [-0.1, -0.05) is 30.3 Å². The van der Waals surface area contributed by atoms with Gasteiger partial charge in [-0.3, -0.25) is 9.89 Å². The molecule has 0 radical (unpaired) electrons. The van der Waals surface area contributed by atoms with E-state index < -0.39 is 17.6 Å². The molecular weight excluding hydrogens is 496 g/mol. The van der Waals surface area contributed by atoms with Crippen molar-refractivity contribution >= 4 is 40.4 Å². The summed E-state index contributed by atoms with van der Waals surface area (Å²) in [6, 6.07) is 13.8. The molecule has 1 aliphatic heterocycles. The van der Waals surface area contributed by atoms with Gasteiger partial charge in [0.05, 0.1) is 11.7 Å². The number of fused-ring (bicyclic) bond motifs is 1. The molecule has 3 heterocycles. The summed E-state index contributed by atoms with van der Waals surface area (Å²) in [6.07, 6.45) is 4.42. The van der Waals surface area contributed by atoms with Gasteiger partial charge in [0.2, 0.25) is 5.95 Å². The standard InChI is InChI=1S/C28H32N8O3/c1-28(2,3)39-27(38)33-18-10-7-11-36(16-18)26-30-14-22(24(29)37)25(34-26)32-19-12-20(17-8-5-4-6-9-17)21-15-31-35-23(21)13-19/h4-6,8-9,12-15,18H,7,10-11,16H2,1-3H3,(H2,29,37)(H,31,35)(H,33,38)(H,30,32,34)/t18-/m0/s1. The molecule has 1 aliphatic rings. The average molecular weight is 529 g/mol. The maximum atomic E-state index is 12.3. The van der Waals surface area contributed by atoms with E-state index in [-0.39, 0.29) is 11.6 Å². The van der Waals surface area contributed by atoms with Crippen molar-refractivity contribution in [3.8, 4) is 11.1 Å². The van der Waals surface area contributed by atoms with Crippen LogP contribution in [0.25, 0.3) is 22.0 Å². The van der Waals surface area contributed by atoms with E-state index in [0.29, 0.717) is 30.5 Å². The zero-order valence-corrected chi connectivity index (χ0v) is 22.2. The van der Waals surface area contributed by atoms with E-state index in [1.54, 1.807) is 6.20 Å². The Labute approximate surface area is 226 Å². The van der Waals surface area contributed by atoms with E-state index in [0.717, 1.165) is 34.9 Å². The number of primary amides is 1. The molecule has 11 nitrogen and oxygen atoms in total. The highest BCUT2D eigenvalue weighted by molar-refractivity contribution is 6.00. The number of aromatic nitrogens is 4. The summed E-state index contributed by atoms with van der Waals surface area (Å²) < 4.78 is 5.41. The topological polar surface area (TPSA) is 151 Å². The van der Waals surface area contributed by atoms with E-state index in [1.165, 1.54) is 6.20 Å². The smallest absolute Gasteiger partial charge is 0.407 e. The van der Waals surface area contributed by atoms with E-state index in [1.807, 2.05) is 68.1 Å². The summed E-state index contributed by atoms with van der Waals surface area (Å²) in [7, 11) is 0. The predicted molar refractivity (Wildman–Crippen MR) is 150 cm³/mol. The number of ether oxygens (including phenoxy) is 1. The lowest BCUT2D eigenvalue weighted by Crippen LogP contribution is -2.49. The first kappa shape index (κ1) is 26.0. The zero-order valence-electron chi connectivity index (χ0n) is 22.2. The number of anilines is 3. The molecule has 0 bridgehead atoms. The fourth-order valence-electron chi connectivity index (χ4n) is 4.67. The Hall–Kier alpha value is -4.67. The number of alkyl carbamates (subject to hydrolysis) is 1. The summed E-state index contributed by atoms with van der Waals surface area (Å²) in [6.45, 7) is 6.70. The minimum atomic E-state index is -0.641. The van der Waals surface area contributed by atoms with Crippen LogP contribution >= 0.6 is 0 Å². The second-order valence-electron chi connectivity index (χ2n) is 10.6. The highest BCUT2D eigenvalue weighted by Gasteiger charge is 2.26. The third-order valence-corrected chi connectivity index (χ3v) is 6.37. The van der Waals surface area contributed by atoms with Crippen LogP contribution in [0, 0.1) is 0 Å². The van der Waals surface area contributed by atoms with Crippen LogP contribution in [0.2, 0.25) is 0 Å². The lowest BCUT2D eigenvalue weighted by Gasteiger charge is -2.33. The third kappa shape index (κ3) is 6.08. The highest BCUT2D eigenvalue weighted by Crippen LogP contribution is 2.33. The molecule has 1 atom stereocenters. The second-order valence-corrected chi connectivity index (χ2v) is 10.6. The van der Waals surface area contributed by atoms with Gasteiger partial charge in [-0.05, 0) is 56.9 Å². The number of aromatic amines is 1. The van der Waals surface area contributed by atoms with Gasteiger partial charge in [-0.25, -0.2) is 9.78 Å². The summed E-state index contributed by atoms with van der Waals surface area (Å²) in [4.78, 5) is 35.6. The maximum absolute atomic E-state index is 12.3. The fourth-order valence-corrected chi connectivity index (χ4v) is 4.67. The van der Waals surface area contributed by atoms with E-state index >= 15 is 0 Å². The molecule has 5 N–H and O–H groups in total. The van der Waals surface area contributed by atoms with Crippen molar-refractivity contribution in [1.82, 2.24) is 25.5 Å². The van der Waals surface area contributed by atoms with E-state index in [9.17, 15) is 9.59 Å². The molecule has 2 aromatic heterocycles. The van der Waals surface area contributed by atoms with Crippen LogP contribution in [0.4, 0.5) is 22.2 Å². The summed E-state index contributed by atoms with van der Waals surface area (Å²) in [5.74, 6) is 0.0924. The van der Waals surface area contributed by atoms with Gasteiger partial charge in [0.15, 0.2) is 0 Å². The predicted octanol–water partition coefficient (Wildman–Crippen LogP) is 4.36. The number of H-pyrrole nitrogens is 1. The highest BCUT2D eigenvalue weighted by atomic mass is 16.6. The first-order chi connectivity index (χ1) is 18.7. The van der Waals surface area contributed by atoms with E-state index in [2.05, 4.69) is 30.8 Å². The van der Waals surface area contributed by atoms with Gasteiger partial charge < -0.3 is 26.0 Å². The number of benzene rings is 2. The number of hydrogen-bond acceptors (Lipinski definition) is 8. The zero-order chi connectivity index (χ0) is 27.6. The van der Waals surface area contributed by atoms with Gasteiger partial charge in [0, 0.05) is 36.4 Å². The Kier molecular flexibility index (Phi) is 7.05. The third-order valence-electron chi connectivity index (χ3n) is 6.37.